The average Bonchev–Trinajstić information content (AvgIpc) is 2.19. The lowest BCUT2D eigenvalue weighted by Crippen LogP contribution is -2.10. The van der Waals surface area contributed by atoms with Gasteiger partial charge in [0, 0.05) is 18.9 Å². The van der Waals surface area contributed by atoms with Gasteiger partial charge in [0.1, 0.15) is 0 Å². The third-order valence-electron chi connectivity index (χ3n) is 0.945. The van der Waals surface area contributed by atoms with Crippen molar-refractivity contribution in [3.63, 3.8) is 0 Å². The van der Waals surface area contributed by atoms with Gasteiger partial charge < -0.3 is 5.43 Å². The van der Waals surface area contributed by atoms with Crippen molar-refractivity contribution in [3.8, 4) is 0 Å². The Morgan fingerprint density at radius 2 is 2.00 bits per heavy atom. The van der Waals surface area contributed by atoms with E-state index in [0.29, 0.717) is 0 Å². The molecule has 0 aliphatic carbocycles. The summed E-state index contributed by atoms with van der Waals surface area (Å²) in [6, 6.07) is 3.98. The molecule has 0 spiro atoms. The molecular formula is C6H10N2. The van der Waals surface area contributed by atoms with E-state index in [1.54, 1.807) is 0 Å². The summed E-state index contributed by atoms with van der Waals surface area (Å²) in [5.41, 5.74) is 3.10. The van der Waals surface area contributed by atoms with Crippen LogP contribution in [0.15, 0.2) is 24.5 Å². The van der Waals surface area contributed by atoms with Gasteiger partial charge in [0.25, 0.3) is 0 Å². The molecule has 0 aliphatic heterocycles. The molecule has 1 heterocycles. The number of rotatable bonds is 2. The molecule has 1 aromatic heterocycles. The van der Waals surface area contributed by atoms with Crippen LogP contribution in [0.5, 0.6) is 0 Å². The van der Waals surface area contributed by atoms with Crippen molar-refractivity contribution in [2.24, 2.45) is 0 Å². The zero-order valence-electron chi connectivity index (χ0n) is 4.96. The van der Waals surface area contributed by atoms with Crippen molar-refractivity contribution in [3.05, 3.63) is 24.5 Å². The lowest BCUT2D eigenvalue weighted by Gasteiger charge is -2.00. The Balaban J connectivity index is 2.50. The van der Waals surface area contributed by atoms with Crippen LogP contribution in [-0.4, -0.2) is 11.2 Å². The Labute approximate surface area is 49.1 Å². The van der Waals surface area contributed by atoms with Crippen molar-refractivity contribution in [1.29, 1.82) is 0 Å². The van der Waals surface area contributed by atoms with Gasteiger partial charge in [-0.15, -0.1) is 0 Å². The lowest BCUT2D eigenvalue weighted by molar-refractivity contribution is 0.872. The van der Waals surface area contributed by atoms with Crippen molar-refractivity contribution in [2.45, 2.75) is 6.92 Å². The Hall–Kier alpha value is -0.920. The average molecular weight is 110 g/mol. The zero-order chi connectivity index (χ0) is 5.82. The lowest BCUT2D eigenvalue weighted by atomic mass is 10.7. The smallest absolute Gasteiger partial charge is 0.0285 e. The van der Waals surface area contributed by atoms with Gasteiger partial charge in [-0.1, -0.05) is 0 Å². The van der Waals surface area contributed by atoms with Crippen LogP contribution in [0.25, 0.3) is 0 Å². The summed E-state index contributed by atoms with van der Waals surface area (Å²) in [6.45, 7) is 3.04. The molecule has 2 heteroatoms. The fraction of sp³-hybridized carbons (Fsp3) is 0.333. The molecule has 1 N–H and O–H groups in total. The fourth-order valence-electron chi connectivity index (χ4n) is 0.623. The topological polar surface area (TPSA) is 17.0 Å². The number of hydrogen-bond acceptors (Lipinski definition) is 1. The molecule has 0 aromatic carbocycles. The minimum Gasteiger partial charge on any atom is -0.327 e. The molecular weight excluding hydrogens is 100 g/mol. The molecule has 0 atom stereocenters. The van der Waals surface area contributed by atoms with Crippen LogP contribution in [0.2, 0.25) is 0 Å². The largest absolute Gasteiger partial charge is 0.327 e. The minimum atomic E-state index is 0.967. The molecule has 0 amide bonds. The van der Waals surface area contributed by atoms with E-state index in [1.165, 1.54) is 0 Å². The Morgan fingerprint density at radius 3 is 2.50 bits per heavy atom. The highest BCUT2D eigenvalue weighted by molar-refractivity contribution is 4.92. The van der Waals surface area contributed by atoms with Crippen LogP contribution in [-0.2, 0) is 0 Å². The summed E-state index contributed by atoms with van der Waals surface area (Å²) in [7, 11) is 0. The van der Waals surface area contributed by atoms with Gasteiger partial charge in [-0.05, 0) is 19.1 Å². The standard InChI is InChI=1S/C6H10N2/c1-2-7-8-5-3-4-6-8/h3-7H,2H2,1H3. The van der Waals surface area contributed by atoms with Crippen LogP contribution < -0.4 is 5.43 Å². The predicted molar refractivity (Wildman–Crippen MR) is 34.3 cm³/mol. The monoisotopic (exact) mass is 110 g/mol. The van der Waals surface area contributed by atoms with E-state index in [-0.39, 0.29) is 0 Å². The van der Waals surface area contributed by atoms with Crippen molar-refractivity contribution >= 4 is 0 Å². The van der Waals surface area contributed by atoms with E-state index >= 15 is 0 Å². The molecule has 0 fully saturated rings. The number of aromatic nitrogens is 1. The highest BCUT2D eigenvalue weighted by Crippen LogP contribution is 1.82. The Kier molecular flexibility index (Phi) is 1.57. The van der Waals surface area contributed by atoms with Gasteiger partial charge in [-0.3, -0.25) is 4.68 Å². The van der Waals surface area contributed by atoms with Gasteiger partial charge in [0.2, 0.25) is 0 Å². The second-order valence-electron chi connectivity index (χ2n) is 1.60. The van der Waals surface area contributed by atoms with E-state index in [1.807, 2.05) is 29.2 Å². The van der Waals surface area contributed by atoms with Crippen LogP contribution in [0, 0.1) is 0 Å². The van der Waals surface area contributed by atoms with Crippen LogP contribution >= 0.6 is 0 Å². The molecule has 0 aliphatic rings. The second kappa shape index (κ2) is 2.40. The van der Waals surface area contributed by atoms with E-state index in [9.17, 15) is 0 Å². The van der Waals surface area contributed by atoms with E-state index in [2.05, 4.69) is 12.3 Å². The first-order valence-corrected chi connectivity index (χ1v) is 2.80. The molecule has 1 rings (SSSR count). The van der Waals surface area contributed by atoms with E-state index < -0.39 is 0 Å². The minimum absolute atomic E-state index is 0.967. The van der Waals surface area contributed by atoms with Crippen LogP contribution in [0.1, 0.15) is 6.92 Å². The first-order chi connectivity index (χ1) is 3.93. The predicted octanol–water partition coefficient (Wildman–Crippen LogP) is 1.05. The summed E-state index contributed by atoms with van der Waals surface area (Å²) in [5, 5.41) is 0. The molecule has 0 radical (unpaired) electrons. The van der Waals surface area contributed by atoms with Crippen molar-refractivity contribution in [1.82, 2.24) is 4.68 Å². The first kappa shape index (κ1) is 5.22. The molecule has 1 aromatic rings. The Bertz CT molecular complexity index is 132. The van der Waals surface area contributed by atoms with Gasteiger partial charge >= 0.3 is 0 Å². The number of hydrogen-bond donors (Lipinski definition) is 1. The van der Waals surface area contributed by atoms with Gasteiger partial charge in [-0.25, -0.2) is 0 Å². The molecule has 0 unspecified atom stereocenters. The molecule has 0 saturated carbocycles. The van der Waals surface area contributed by atoms with E-state index in [4.69, 9.17) is 0 Å². The second-order valence-corrected chi connectivity index (χ2v) is 1.60. The number of nitrogens with zero attached hydrogens (tertiary/aromatic N) is 1. The number of nitrogens with one attached hydrogen (secondary N) is 1. The molecule has 0 bridgehead atoms. The molecule has 8 heavy (non-hydrogen) atoms. The highest BCUT2D eigenvalue weighted by atomic mass is 15.4. The third kappa shape index (κ3) is 1.03. The summed E-state index contributed by atoms with van der Waals surface area (Å²) in [4.78, 5) is 0. The van der Waals surface area contributed by atoms with E-state index in [0.717, 1.165) is 6.54 Å². The summed E-state index contributed by atoms with van der Waals surface area (Å²) in [5.74, 6) is 0. The quantitative estimate of drug-likeness (QED) is 0.602. The molecule has 2 nitrogen and oxygen atoms in total. The van der Waals surface area contributed by atoms with Gasteiger partial charge in [0.05, 0.1) is 0 Å². The zero-order valence-corrected chi connectivity index (χ0v) is 4.96. The van der Waals surface area contributed by atoms with Crippen molar-refractivity contribution < 1.29 is 0 Å². The highest BCUT2D eigenvalue weighted by Gasteiger charge is 1.77. The van der Waals surface area contributed by atoms with Gasteiger partial charge in [-0.2, -0.15) is 0 Å². The van der Waals surface area contributed by atoms with Crippen LogP contribution in [0.4, 0.5) is 0 Å². The maximum atomic E-state index is 3.10. The SMILES string of the molecule is CCNn1cccc1. The fourth-order valence-corrected chi connectivity index (χ4v) is 0.623. The van der Waals surface area contributed by atoms with Gasteiger partial charge in [0.15, 0.2) is 0 Å². The summed E-state index contributed by atoms with van der Waals surface area (Å²) < 4.78 is 1.93. The molecule has 44 valence electrons. The molecule has 0 saturated heterocycles. The van der Waals surface area contributed by atoms with Crippen LogP contribution in [0.3, 0.4) is 0 Å². The third-order valence-corrected chi connectivity index (χ3v) is 0.945. The maximum absolute atomic E-state index is 3.10. The summed E-state index contributed by atoms with van der Waals surface area (Å²) >= 11 is 0. The summed E-state index contributed by atoms with van der Waals surface area (Å²) in [6.07, 6.45) is 3.95. The first-order valence-electron chi connectivity index (χ1n) is 2.80. The van der Waals surface area contributed by atoms with Crippen molar-refractivity contribution in [2.75, 3.05) is 12.0 Å². The maximum Gasteiger partial charge on any atom is 0.0285 e. The Morgan fingerprint density at radius 1 is 1.38 bits per heavy atom. The normalized spacial score (nSPS) is 9.12.